The summed E-state index contributed by atoms with van der Waals surface area (Å²) in [6.45, 7) is 4.80. The second kappa shape index (κ2) is 4.74. The summed E-state index contributed by atoms with van der Waals surface area (Å²) in [5.41, 5.74) is 1.87. The Kier molecular flexibility index (Phi) is 3.63. The molecule has 0 saturated heterocycles. The molecule has 0 bridgehead atoms. The fraction of sp³-hybridized carbons (Fsp3) is 0.455. The molecule has 0 aromatic carbocycles. The minimum Gasteiger partial charge on any atom is -0.341 e. The second-order valence-electron chi connectivity index (χ2n) is 3.01. The first kappa shape index (κ1) is 10.7. The van der Waals surface area contributed by atoms with Gasteiger partial charge in [0.1, 0.15) is 0 Å². The number of aromatic nitrogens is 1. The van der Waals surface area contributed by atoms with E-state index in [1.54, 1.807) is 23.4 Å². The first-order chi connectivity index (χ1) is 6.79. The summed E-state index contributed by atoms with van der Waals surface area (Å²) in [7, 11) is 1.83. The van der Waals surface area contributed by atoms with Crippen molar-refractivity contribution < 1.29 is 4.79 Å². The number of likely N-dealkylation sites (N-methyl/N-ethyl adjacent to an activating group) is 1. The van der Waals surface area contributed by atoms with Crippen LogP contribution in [0, 0.1) is 0 Å². The van der Waals surface area contributed by atoms with Crippen LogP contribution in [0.25, 0.3) is 0 Å². The minimum absolute atomic E-state index is 0.110. The Morgan fingerprint density at radius 2 is 2.14 bits per heavy atom. The van der Waals surface area contributed by atoms with Crippen LogP contribution in [-0.2, 0) is 6.42 Å². The molecule has 0 spiro atoms. The van der Waals surface area contributed by atoms with Crippen molar-refractivity contribution in [2.45, 2.75) is 20.3 Å². The predicted molar refractivity (Wildman–Crippen MR) is 56.2 cm³/mol. The van der Waals surface area contributed by atoms with Crippen LogP contribution in [0.3, 0.4) is 0 Å². The Hall–Kier alpha value is -1.38. The lowest BCUT2D eigenvalue weighted by molar-refractivity contribution is 0.0780. The Bertz CT molecular complexity index is 323. The largest absolute Gasteiger partial charge is 0.341 e. The van der Waals surface area contributed by atoms with Crippen molar-refractivity contribution in [3.8, 4) is 0 Å². The number of pyridine rings is 1. The zero-order valence-corrected chi connectivity index (χ0v) is 8.95. The molecule has 0 radical (unpaired) electrons. The van der Waals surface area contributed by atoms with E-state index in [2.05, 4.69) is 4.98 Å². The average molecular weight is 192 g/mol. The maximum absolute atomic E-state index is 11.5. The van der Waals surface area contributed by atoms with Crippen molar-refractivity contribution in [2.75, 3.05) is 13.6 Å². The van der Waals surface area contributed by atoms with Crippen LogP contribution < -0.4 is 0 Å². The Balaban J connectivity index is 0.000000461. The molecular formula is C11H16N2O. The third-order valence-electron chi connectivity index (χ3n) is 2.20. The fourth-order valence-corrected chi connectivity index (χ4v) is 1.43. The molecule has 1 aliphatic heterocycles. The van der Waals surface area contributed by atoms with Crippen LogP contribution in [0.5, 0.6) is 0 Å². The molecule has 1 aliphatic rings. The Morgan fingerprint density at radius 1 is 1.43 bits per heavy atom. The van der Waals surface area contributed by atoms with Gasteiger partial charge in [-0.15, -0.1) is 0 Å². The number of amides is 1. The van der Waals surface area contributed by atoms with Crippen molar-refractivity contribution in [1.82, 2.24) is 9.88 Å². The van der Waals surface area contributed by atoms with Crippen LogP contribution >= 0.6 is 0 Å². The summed E-state index contributed by atoms with van der Waals surface area (Å²) in [5, 5.41) is 0. The van der Waals surface area contributed by atoms with Gasteiger partial charge in [-0.1, -0.05) is 13.8 Å². The molecule has 0 saturated carbocycles. The van der Waals surface area contributed by atoms with E-state index in [4.69, 9.17) is 0 Å². The zero-order chi connectivity index (χ0) is 10.6. The number of carbonyl (C=O) groups excluding carboxylic acids is 1. The number of fused-ring (bicyclic) bond motifs is 1. The lowest BCUT2D eigenvalue weighted by Crippen LogP contribution is -2.34. The Morgan fingerprint density at radius 3 is 2.86 bits per heavy atom. The van der Waals surface area contributed by atoms with E-state index in [0.717, 1.165) is 24.1 Å². The molecule has 0 atom stereocenters. The highest BCUT2D eigenvalue weighted by atomic mass is 16.2. The maximum atomic E-state index is 11.5. The highest BCUT2D eigenvalue weighted by Gasteiger charge is 2.20. The smallest absolute Gasteiger partial charge is 0.253 e. The third-order valence-corrected chi connectivity index (χ3v) is 2.20. The van der Waals surface area contributed by atoms with Crippen molar-refractivity contribution in [3.05, 3.63) is 29.6 Å². The molecule has 1 amide bonds. The van der Waals surface area contributed by atoms with Crippen molar-refractivity contribution >= 4 is 5.91 Å². The molecule has 76 valence electrons. The van der Waals surface area contributed by atoms with Gasteiger partial charge in [-0.2, -0.15) is 0 Å². The number of carbonyl (C=O) groups is 1. The summed E-state index contributed by atoms with van der Waals surface area (Å²) in [4.78, 5) is 17.2. The molecular weight excluding hydrogens is 176 g/mol. The second-order valence-corrected chi connectivity index (χ2v) is 3.01. The Labute approximate surface area is 84.8 Å². The summed E-state index contributed by atoms with van der Waals surface area (Å²) in [5.74, 6) is 0.110. The van der Waals surface area contributed by atoms with Gasteiger partial charge in [0.05, 0.1) is 0 Å². The third kappa shape index (κ3) is 1.92. The molecule has 3 heteroatoms. The van der Waals surface area contributed by atoms with Crippen molar-refractivity contribution in [1.29, 1.82) is 0 Å². The molecule has 3 nitrogen and oxygen atoms in total. The highest BCUT2D eigenvalue weighted by molar-refractivity contribution is 5.96. The molecule has 1 aromatic heterocycles. The van der Waals surface area contributed by atoms with Gasteiger partial charge in [-0.3, -0.25) is 9.78 Å². The van der Waals surface area contributed by atoms with Gasteiger partial charge < -0.3 is 4.90 Å². The maximum Gasteiger partial charge on any atom is 0.253 e. The number of rotatable bonds is 0. The highest BCUT2D eigenvalue weighted by Crippen LogP contribution is 2.15. The summed E-state index contributed by atoms with van der Waals surface area (Å²) in [6, 6.07) is 1.79. The van der Waals surface area contributed by atoms with Gasteiger partial charge >= 0.3 is 0 Å². The SMILES string of the molecule is CC.CN1CCc2cnccc2C1=O. The molecule has 2 heterocycles. The average Bonchev–Trinajstić information content (AvgIpc) is 2.27. The standard InChI is InChI=1S/C9H10N2O.C2H6/c1-11-5-3-7-6-10-4-2-8(7)9(11)12;1-2/h2,4,6H,3,5H2,1H3;1-2H3. The van der Waals surface area contributed by atoms with Gasteiger partial charge in [-0.05, 0) is 18.1 Å². The molecule has 14 heavy (non-hydrogen) atoms. The van der Waals surface area contributed by atoms with E-state index in [1.165, 1.54) is 0 Å². The van der Waals surface area contributed by atoms with Crippen LogP contribution in [0.15, 0.2) is 18.5 Å². The van der Waals surface area contributed by atoms with Gasteiger partial charge in [0.2, 0.25) is 0 Å². The fourth-order valence-electron chi connectivity index (χ4n) is 1.43. The van der Waals surface area contributed by atoms with E-state index in [-0.39, 0.29) is 5.91 Å². The normalized spacial score (nSPS) is 14.2. The summed E-state index contributed by atoms with van der Waals surface area (Å²) in [6.07, 6.45) is 4.36. The van der Waals surface area contributed by atoms with Gasteiger partial charge in [0, 0.05) is 31.5 Å². The van der Waals surface area contributed by atoms with Crippen molar-refractivity contribution in [3.63, 3.8) is 0 Å². The number of hydrogen-bond donors (Lipinski definition) is 0. The summed E-state index contributed by atoms with van der Waals surface area (Å²) < 4.78 is 0. The number of hydrogen-bond acceptors (Lipinski definition) is 2. The van der Waals surface area contributed by atoms with Gasteiger partial charge in [0.15, 0.2) is 0 Å². The van der Waals surface area contributed by atoms with Crippen LogP contribution in [0.4, 0.5) is 0 Å². The first-order valence-corrected chi connectivity index (χ1v) is 4.97. The monoisotopic (exact) mass is 192 g/mol. The van der Waals surface area contributed by atoms with E-state index in [1.807, 2.05) is 20.9 Å². The first-order valence-electron chi connectivity index (χ1n) is 4.97. The quantitative estimate of drug-likeness (QED) is 0.627. The predicted octanol–water partition coefficient (Wildman–Crippen LogP) is 1.74. The molecule has 0 N–H and O–H groups in total. The van der Waals surface area contributed by atoms with Gasteiger partial charge in [0.25, 0.3) is 5.91 Å². The van der Waals surface area contributed by atoms with Gasteiger partial charge in [-0.25, -0.2) is 0 Å². The number of nitrogens with zero attached hydrogens (tertiary/aromatic N) is 2. The van der Waals surface area contributed by atoms with E-state index >= 15 is 0 Å². The van der Waals surface area contributed by atoms with E-state index < -0.39 is 0 Å². The van der Waals surface area contributed by atoms with E-state index in [0.29, 0.717) is 0 Å². The lowest BCUT2D eigenvalue weighted by atomic mass is 10.0. The van der Waals surface area contributed by atoms with E-state index in [9.17, 15) is 4.79 Å². The minimum atomic E-state index is 0.110. The topological polar surface area (TPSA) is 33.2 Å². The van der Waals surface area contributed by atoms with Crippen LogP contribution in [0.2, 0.25) is 0 Å². The molecule has 0 aliphatic carbocycles. The molecule has 0 unspecified atom stereocenters. The zero-order valence-electron chi connectivity index (χ0n) is 8.95. The summed E-state index contributed by atoms with van der Waals surface area (Å²) >= 11 is 0. The molecule has 2 rings (SSSR count). The van der Waals surface area contributed by atoms with Crippen LogP contribution in [0.1, 0.15) is 29.8 Å². The van der Waals surface area contributed by atoms with Crippen molar-refractivity contribution in [2.24, 2.45) is 0 Å². The molecule has 0 fully saturated rings. The lowest BCUT2D eigenvalue weighted by Gasteiger charge is -2.23. The van der Waals surface area contributed by atoms with Crippen LogP contribution in [-0.4, -0.2) is 29.4 Å². The molecule has 1 aromatic rings.